The average molecular weight is 462 g/mol. The largest absolute Gasteiger partial charge is 0.497 e. The Morgan fingerprint density at radius 1 is 0.765 bits per heavy atom. The summed E-state index contributed by atoms with van der Waals surface area (Å²) in [6.45, 7) is 0. The van der Waals surface area contributed by atoms with Gasteiger partial charge in [0.05, 0.1) is 39.6 Å². The molecule has 0 aromatic heterocycles. The van der Waals surface area contributed by atoms with E-state index in [9.17, 15) is 9.59 Å². The first-order valence-electron chi connectivity index (χ1n) is 10.2. The summed E-state index contributed by atoms with van der Waals surface area (Å²) in [6, 6.07) is 14.6. The van der Waals surface area contributed by atoms with E-state index >= 15 is 0 Å². The van der Waals surface area contributed by atoms with E-state index in [0.717, 1.165) is 0 Å². The van der Waals surface area contributed by atoms with Gasteiger partial charge in [-0.25, -0.2) is 4.79 Å². The van der Waals surface area contributed by atoms with Gasteiger partial charge in [0.15, 0.2) is 5.76 Å². The molecule has 3 aromatic carbocycles. The standard InChI is InChI=1S/C26H22O8/c1-29-17-6-5-15(22(13-17)32-4)11-24-25(27)21-8-7-18(14-23(21)34-24)33-26(28)16-9-19(30-2)12-20(10-16)31-3/h5-14H,1-4H3. The summed E-state index contributed by atoms with van der Waals surface area (Å²) >= 11 is 0. The van der Waals surface area contributed by atoms with E-state index in [4.69, 9.17) is 28.4 Å². The van der Waals surface area contributed by atoms with Crippen LogP contribution in [-0.2, 0) is 0 Å². The minimum Gasteiger partial charge on any atom is -0.497 e. The normalized spacial score (nSPS) is 13.2. The first-order valence-corrected chi connectivity index (χ1v) is 10.2. The van der Waals surface area contributed by atoms with Gasteiger partial charge in [-0.05, 0) is 42.5 Å². The molecule has 0 aliphatic carbocycles. The van der Waals surface area contributed by atoms with Crippen LogP contribution in [0.3, 0.4) is 0 Å². The number of rotatable bonds is 7. The number of allylic oxidation sites excluding steroid dienone is 1. The van der Waals surface area contributed by atoms with Crippen LogP contribution in [0.1, 0.15) is 26.3 Å². The van der Waals surface area contributed by atoms with Crippen LogP contribution in [0.25, 0.3) is 6.08 Å². The third-order valence-corrected chi connectivity index (χ3v) is 5.17. The molecule has 0 atom stereocenters. The predicted octanol–water partition coefficient (Wildman–Crippen LogP) is 4.56. The second-order valence-electron chi connectivity index (χ2n) is 7.20. The van der Waals surface area contributed by atoms with Crippen LogP contribution < -0.4 is 28.4 Å². The van der Waals surface area contributed by atoms with E-state index in [-0.39, 0.29) is 28.6 Å². The maximum absolute atomic E-state index is 12.8. The van der Waals surface area contributed by atoms with Crippen molar-refractivity contribution in [3.05, 3.63) is 77.0 Å². The minimum absolute atomic E-state index is 0.125. The number of esters is 1. The smallest absolute Gasteiger partial charge is 0.343 e. The fourth-order valence-corrected chi connectivity index (χ4v) is 3.40. The lowest BCUT2D eigenvalue weighted by atomic mass is 10.1. The molecule has 0 amide bonds. The van der Waals surface area contributed by atoms with Gasteiger partial charge in [0.1, 0.15) is 34.5 Å². The summed E-state index contributed by atoms with van der Waals surface area (Å²) in [4.78, 5) is 25.5. The number of carbonyl (C=O) groups excluding carboxylic acids is 2. The number of methoxy groups -OCH3 is 4. The summed E-state index contributed by atoms with van der Waals surface area (Å²) in [7, 11) is 6.07. The van der Waals surface area contributed by atoms with Crippen molar-refractivity contribution in [2.24, 2.45) is 0 Å². The van der Waals surface area contributed by atoms with Crippen LogP contribution in [0.15, 0.2) is 60.4 Å². The van der Waals surface area contributed by atoms with E-state index in [2.05, 4.69) is 0 Å². The Labute approximate surface area is 196 Å². The lowest BCUT2D eigenvalue weighted by Crippen LogP contribution is -2.09. The van der Waals surface area contributed by atoms with Gasteiger partial charge in [-0.2, -0.15) is 0 Å². The fraction of sp³-hybridized carbons (Fsp3) is 0.154. The van der Waals surface area contributed by atoms with Crippen LogP contribution >= 0.6 is 0 Å². The Morgan fingerprint density at radius 3 is 2.09 bits per heavy atom. The molecule has 1 aliphatic rings. The van der Waals surface area contributed by atoms with Gasteiger partial charge < -0.3 is 28.4 Å². The van der Waals surface area contributed by atoms with E-state index in [1.807, 2.05) is 0 Å². The minimum atomic E-state index is -0.611. The van der Waals surface area contributed by atoms with Gasteiger partial charge in [0.25, 0.3) is 0 Å². The molecule has 174 valence electrons. The molecule has 0 N–H and O–H groups in total. The number of benzene rings is 3. The first-order chi connectivity index (χ1) is 16.4. The van der Waals surface area contributed by atoms with Crippen LogP contribution in [-0.4, -0.2) is 40.2 Å². The molecular weight excluding hydrogens is 440 g/mol. The molecule has 4 rings (SSSR count). The molecule has 0 fully saturated rings. The average Bonchev–Trinajstić information content (AvgIpc) is 3.17. The third-order valence-electron chi connectivity index (χ3n) is 5.17. The number of hydrogen-bond acceptors (Lipinski definition) is 8. The summed E-state index contributed by atoms with van der Waals surface area (Å²) < 4.78 is 32.2. The molecule has 1 aliphatic heterocycles. The summed E-state index contributed by atoms with van der Waals surface area (Å²) in [5.41, 5.74) is 1.26. The van der Waals surface area contributed by atoms with Gasteiger partial charge in [-0.15, -0.1) is 0 Å². The van der Waals surface area contributed by atoms with Crippen molar-refractivity contribution in [1.29, 1.82) is 0 Å². The van der Waals surface area contributed by atoms with Gasteiger partial charge in [0.2, 0.25) is 5.78 Å². The second kappa shape index (κ2) is 9.58. The highest BCUT2D eigenvalue weighted by atomic mass is 16.5. The van der Waals surface area contributed by atoms with E-state index in [0.29, 0.717) is 34.1 Å². The van der Waals surface area contributed by atoms with Crippen molar-refractivity contribution >= 4 is 17.8 Å². The first kappa shape index (κ1) is 22.7. The quantitative estimate of drug-likeness (QED) is 0.287. The maximum Gasteiger partial charge on any atom is 0.343 e. The zero-order valence-corrected chi connectivity index (χ0v) is 19.0. The van der Waals surface area contributed by atoms with Crippen LogP contribution in [0.4, 0.5) is 0 Å². The number of Topliss-reactive ketones (excluding diaryl/α,β-unsaturated/α-hetero) is 1. The molecule has 0 bridgehead atoms. The molecule has 8 heteroatoms. The number of hydrogen-bond donors (Lipinski definition) is 0. The predicted molar refractivity (Wildman–Crippen MR) is 123 cm³/mol. The number of ketones is 1. The topological polar surface area (TPSA) is 89.5 Å². The molecule has 1 heterocycles. The van der Waals surface area contributed by atoms with Crippen LogP contribution in [0.5, 0.6) is 34.5 Å². The van der Waals surface area contributed by atoms with Crippen LogP contribution in [0, 0.1) is 0 Å². The van der Waals surface area contributed by atoms with Crippen molar-refractivity contribution in [2.75, 3.05) is 28.4 Å². The Balaban J connectivity index is 1.56. The summed E-state index contributed by atoms with van der Waals surface area (Å²) in [5, 5.41) is 0. The van der Waals surface area contributed by atoms with Gasteiger partial charge >= 0.3 is 5.97 Å². The van der Waals surface area contributed by atoms with Crippen molar-refractivity contribution in [1.82, 2.24) is 0 Å². The number of fused-ring (bicyclic) bond motifs is 1. The van der Waals surface area contributed by atoms with Crippen molar-refractivity contribution in [3.8, 4) is 34.5 Å². The molecule has 0 unspecified atom stereocenters. The fourth-order valence-electron chi connectivity index (χ4n) is 3.40. The van der Waals surface area contributed by atoms with Crippen molar-refractivity contribution in [3.63, 3.8) is 0 Å². The highest BCUT2D eigenvalue weighted by molar-refractivity contribution is 6.14. The molecule has 0 spiro atoms. The molecule has 0 saturated heterocycles. The Morgan fingerprint density at radius 2 is 1.44 bits per heavy atom. The van der Waals surface area contributed by atoms with E-state index in [1.54, 1.807) is 55.7 Å². The Kier molecular flexibility index (Phi) is 6.40. The highest BCUT2D eigenvalue weighted by Crippen LogP contribution is 2.36. The Bertz CT molecular complexity index is 1270. The highest BCUT2D eigenvalue weighted by Gasteiger charge is 2.28. The SMILES string of the molecule is COc1cc(OC)cc(C(=O)Oc2ccc3c(c2)OC(=Cc2ccc(OC)cc2OC)C3=O)c1. The zero-order chi connectivity index (χ0) is 24.2. The molecular formula is C26H22O8. The second-order valence-corrected chi connectivity index (χ2v) is 7.20. The van der Waals surface area contributed by atoms with Crippen LogP contribution in [0.2, 0.25) is 0 Å². The molecule has 8 nitrogen and oxygen atoms in total. The summed E-state index contributed by atoms with van der Waals surface area (Å²) in [5.74, 6) is 1.81. The van der Waals surface area contributed by atoms with Crippen molar-refractivity contribution in [2.45, 2.75) is 0 Å². The van der Waals surface area contributed by atoms with E-state index in [1.165, 1.54) is 33.5 Å². The van der Waals surface area contributed by atoms with E-state index < -0.39 is 5.97 Å². The zero-order valence-electron chi connectivity index (χ0n) is 19.0. The van der Waals surface area contributed by atoms with Gasteiger partial charge in [-0.3, -0.25) is 4.79 Å². The van der Waals surface area contributed by atoms with Gasteiger partial charge in [0, 0.05) is 23.8 Å². The molecule has 3 aromatic rings. The number of carbonyl (C=O) groups is 2. The van der Waals surface area contributed by atoms with Gasteiger partial charge in [-0.1, -0.05) is 0 Å². The van der Waals surface area contributed by atoms with Crippen molar-refractivity contribution < 1.29 is 38.0 Å². The Hall–Kier alpha value is -4.46. The molecule has 0 radical (unpaired) electrons. The third kappa shape index (κ3) is 4.52. The molecule has 34 heavy (non-hydrogen) atoms. The lowest BCUT2D eigenvalue weighted by Gasteiger charge is -2.09. The lowest BCUT2D eigenvalue weighted by molar-refractivity contribution is 0.0733. The monoisotopic (exact) mass is 462 g/mol. The summed E-state index contributed by atoms with van der Waals surface area (Å²) in [6.07, 6.45) is 1.59. The number of ether oxygens (including phenoxy) is 6. The molecule has 0 saturated carbocycles. The maximum atomic E-state index is 12.8.